The summed E-state index contributed by atoms with van der Waals surface area (Å²) in [7, 11) is 1.58. The summed E-state index contributed by atoms with van der Waals surface area (Å²) in [6.45, 7) is 3.89. The van der Waals surface area contributed by atoms with Crippen LogP contribution in [0.5, 0.6) is 5.75 Å². The van der Waals surface area contributed by atoms with Crippen molar-refractivity contribution in [3.8, 4) is 5.75 Å². The maximum absolute atomic E-state index is 9.96. The molecule has 4 nitrogen and oxygen atoms in total. The lowest BCUT2D eigenvalue weighted by molar-refractivity contribution is -0.148. The SMILES string of the molecule is C=CC[C@H]1Cc2c(OCOC)cccc2C(O)O1. The molecule has 0 saturated heterocycles. The van der Waals surface area contributed by atoms with E-state index in [1.807, 2.05) is 18.2 Å². The van der Waals surface area contributed by atoms with Crippen LogP contribution >= 0.6 is 0 Å². The van der Waals surface area contributed by atoms with Crippen LogP contribution in [0, 0.1) is 0 Å². The van der Waals surface area contributed by atoms with Crippen molar-refractivity contribution in [2.45, 2.75) is 25.2 Å². The van der Waals surface area contributed by atoms with Crippen molar-refractivity contribution in [3.05, 3.63) is 42.0 Å². The van der Waals surface area contributed by atoms with Crippen molar-refractivity contribution in [2.24, 2.45) is 0 Å². The Morgan fingerprint density at radius 1 is 1.56 bits per heavy atom. The molecule has 2 atom stereocenters. The Kier molecular flexibility index (Phi) is 4.36. The monoisotopic (exact) mass is 250 g/mol. The Labute approximate surface area is 107 Å². The molecule has 1 N–H and O–H groups in total. The second-order valence-electron chi connectivity index (χ2n) is 4.21. The van der Waals surface area contributed by atoms with Gasteiger partial charge in [-0.2, -0.15) is 0 Å². The summed E-state index contributed by atoms with van der Waals surface area (Å²) < 4.78 is 15.9. The van der Waals surface area contributed by atoms with E-state index in [0.717, 1.165) is 16.9 Å². The number of aliphatic hydroxyl groups excluding tert-OH is 1. The van der Waals surface area contributed by atoms with Crippen LogP contribution in [0.25, 0.3) is 0 Å². The summed E-state index contributed by atoms with van der Waals surface area (Å²) in [4.78, 5) is 0. The van der Waals surface area contributed by atoms with Crippen LogP contribution in [-0.4, -0.2) is 25.1 Å². The third-order valence-corrected chi connectivity index (χ3v) is 2.95. The van der Waals surface area contributed by atoms with Crippen molar-refractivity contribution in [2.75, 3.05) is 13.9 Å². The summed E-state index contributed by atoms with van der Waals surface area (Å²) in [6.07, 6.45) is 2.25. The minimum atomic E-state index is -0.898. The highest BCUT2D eigenvalue weighted by Gasteiger charge is 2.27. The molecule has 0 radical (unpaired) electrons. The molecule has 1 aromatic carbocycles. The molecular weight excluding hydrogens is 232 g/mol. The number of ether oxygens (including phenoxy) is 3. The molecule has 2 rings (SSSR count). The minimum Gasteiger partial charge on any atom is -0.467 e. The second-order valence-corrected chi connectivity index (χ2v) is 4.21. The van der Waals surface area contributed by atoms with E-state index in [-0.39, 0.29) is 12.9 Å². The fraction of sp³-hybridized carbons (Fsp3) is 0.429. The Morgan fingerprint density at radius 2 is 2.39 bits per heavy atom. The zero-order valence-electron chi connectivity index (χ0n) is 10.5. The van der Waals surface area contributed by atoms with Gasteiger partial charge in [-0.05, 0) is 12.5 Å². The van der Waals surface area contributed by atoms with E-state index in [1.54, 1.807) is 13.2 Å². The minimum absolute atomic E-state index is 0.0581. The Morgan fingerprint density at radius 3 is 3.11 bits per heavy atom. The fourth-order valence-electron chi connectivity index (χ4n) is 2.15. The summed E-state index contributed by atoms with van der Waals surface area (Å²) >= 11 is 0. The molecule has 0 fully saturated rings. The molecule has 1 heterocycles. The molecule has 0 amide bonds. The van der Waals surface area contributed by atoms with Crippen molar-refractivity contribution in [3.63, 3.8) is 0 Å². The van der Waals surface area contributed by atoms with Crippen molar-refractivity contribution >= 4 is 0 Å². The van der Waals surface area contributed by atoms with Gasteiger partial charge in [0, 0.05) is 24.7 Å². The number of aliphatic hydroxyl groups is 1. The molecule has 0 saturated carbocycles. The Hall–Kier alpha value is -1.36. The molecular formula is C14H18O4. The molecule has 1 aliphatic heterocycles. The van der Waals surface area contributed by atoms with E-state index in [0.29, 0.717) is 12.8 Å². The van der Waals surface area contributed by atoms with Crippen molar-refractivity contribution in [1.29, 1.82) is 0 Å². The number of fused-ring (bicyclic) bond motifs is 1. The first kappa shape index (κ1) is 13.1. The quantitative estimate of drug-likeness (QED) is 0.642. The average Bonchev–Trinajstić information content (AvgIpc) is 2.37. The summed E-state index contributed by atoms with van der Waals surface area (Å²) in [6, 6.07) is 5.56. The molecule has 0 bridgehead atoms. The maximum Gasteiger partial charge on any atom is 0.188 e. The second kappa shape index (κ2) is 6.00. The zero-order valence-corrected chi connectivity index (χ0v) is 10.5. The van der Waals surface area contributed by atoms with Gasteiger partial charge in [-0.1, -0.05) is 18.2 Å². The third-order valence-electron chi connectivity index (χ3n) is 2.95. The number of hydrogen-bond acceptors (Lipinski definition) is 4. The van der Waals surface area contributed by atoms with Gasteiger partial charge in [0.05, 0.1) is 6.10 Å². The van der Waals surface area contributed by atoms with E-state index in [4.69, 9.17) is 14.2 Å². The van der Waals surface area contributed by atoms with Crippen LogP contribution in [0.2, 0.25) is 0 Å². The van der Waals surface area contributed by atoms with Crippen LogP contribution in [0.1, 0.15) is 23.8 Å². The normalized spacial score (nSPS) is 22.3. The molecule has 4 heteroatoms. The number of benzene rings is 1. The predicted octanol–water partition coefficient (Wildman–Crippen LogP) is 2.18. The van der Waals surface area contributed by atoms with Crippen LogP contribution in [-0.2, 0) is 15.9 Å². The highest BCUT2D eigenvalue weighted by Crippen LogP contribution is 2.35. The maximum atomic E-state index is 9.96. The van der Waals surface area contributed by atoms with E-state index in [9.17, 15) is 5.11 Å². The highest BCUT2D eigenvalue weighted by atomic mass is 16.7. The number of rotatable bonds is 5. The third kappa shape index (κ3) is 2.72. The van der Waals surface area contributed by atoms with Crippen LogP contribution in [0.4, 0.5) is 0 Å². The predicted molar refractivity (Wildman–Crippen MR) is 67.3 cm³/mol. The lowest BCUT2D eigenvalue weighted by Gasteiger charge is -2.30. The van der Waals surface area contributed by atoms with Gasteiger partial charge in [-0.25, -0.2) is 0 Å². The summed E-state index contributed by atoms with van der Waals surface area (Å²) in [5.74, 6) is 0.741. The van der Waals surface area contributed by atoms with Crippen molar-refractivity contribution < 1.29 is 19.3 Å². The standard InChI is InChI=1S/C14H18O4/c1-3-5-10-8-12-11(14(15)18-10)6-4-7-13(12)17-9-16-2/h3-4,6-7,10,14-15H,1,5,8-9H2,2H3/t10-,14?/m0/s1. The van der Waals surface area contributed by atoms with Gasteiger partial charge in [-0.3, -0.25) is 0 Å². The van der Waals surface area contributed by atoms with E-state index in [1.165, 1.54) is 0 Å². The van der Waals surface area contributed by atoms with Gasteiger partial charge in [0.25, 0.3) is 0 Å². The van der Waals surface area contributed by atoms with Gasteiger partial charge >= 0.3 is 0 Å². The van der Waals surface area contributed by atoms with E-state index < -0.39 is 6.29 Å². The van der Waals surface area contributed by atoms with E-state index in [2.05, 4.69) is 6.58 Å². The number of methoxy groups -OCH3 is 1. The van der Waals surface area contributed by atoms with Crippen LogP contribution < -0.4 is 4.74 Å². The Bertz CT molecular complexity index is 416. The van der Waals surface area contributed by atoms with Crippen LogP contribution in [0.3, 0.4) is 0 Å². The fourth-order valence-corrected chi connectivity index (χ4v) is 2.15. The molecule has 1 aromatic rings. The summed E-state index contributed by atoms with van der Waals surface area (Å²) in [5.41, 5.74) is 1.75. The number of hydrogen-bond donors (Lipinski definition) is 1. The zero-order chi connectivity index (χ0) is 13.0. The van der Waals surface area contributed by atoms with Gasteiger partial charge in [0.1, 0.15) is 5.75 Å². The first-order valence-corrected chi connectivity index (χ1v) is 5.94. The smallest absolute Gasteiger partial charge is 0.188 e. The molecule has 1 aliphatic rings. The Balaban J connectivity index is 2.25. The first-order chi connectivity index (χ1) is 8.76. The molecule has 0 aromatic heterocycles. The molecule has 0 spiro atoms. The largest absolute Gasteiger partial charge is 0.467 e. The lowest BCUT2D eigenvalue weighted by Crippen LogP contribution is -2.26. The summed E-state index contributed by atoms with van der Waals surface area (Å²) in [5, 5.41) is 9.96. The lowest BCUT2D eigenvalue weighted by atomic mass is 9.95. The average molecular weight is 250 g/mol. The molecule has 1 unspecified atom stereocenters. The van der Waals surface area contributed by atoms with Gasteiger partial charge in [0.15, 0.2) is 13.1 Å². The molecule has 18 heavy (non-hydrogen) atoms. The molecule has 98 valence electrons. The topological polar surface area (TPSA) is 47.9 Å². The van der Waals surface area contributed by atoms with Gasteiger partial charge in [-0.15, -0.1) is 6.58 Å². The highest BCUT2D eigenvalue weighted by molar-refractivity contribution is 5.42. The van der Waals surface area contributed by atoms with E-state index >= 15 is 0 Å². The van der Waals surface area contributed by atoms with Gasteiger partial charge < -0.3 is 19.3 Å². The van der Waals surface area contributed by atoms with Crippen LogP contribution in [0.15, 0.2) is 30.9 Å². The first-order valence-electron chi connectivity index (χ1n) is 5.94. The van der Waals surface area contributed by atoms with Crippen molar-refractivity contribution in [1.82, 2.24) is 0 Å². The van der Waals surface area contributed by atoms with Gasteiger partial charge in [0.2, 0.25) is 0 Å². The molecule has 0 aliphatic carbocycles.